The molecule has 5 heteroatoms. The van der Waals surface area contributed by atoms with E-state index in [9.17, 15) is 0 Å². The predicted octanol–water partition coefficient (Wildman–Crippen LogP) is 3.75. The molecule has 0 aliphatic heterocycles. The number of hydrogen-bond donors (Lipinski definition) is 1. The highest BCUT2D eigenvalue weighted by Crippen LogP contribution is 2.37. The number of rotatable bonds is 3. The number of ether oxygens (including phenoxy) is 1. The summed E-state index contributed by atoms with van der Waals surface area (Å²) in [5, 5.41) is 0.592. The van der Waals surface area contributed by atoms with E-state index in [4.69, 9.17) is 26.5 Å². The number of benzene rings is 1. The Balaban J connectivity index is 2.50. The molecule has 90 valence electrons. The second kappa shape index (κ2) is 5.12. The van der Waals surface area contributed by atoms with Gasteiger partial charge >= 0.3 is 0 Å². The first-order chi connectivity index (χ1) is 8.13. The lowest BCUT2D eigenvalue weighted by Crippen LogP contribution is -2.12. The summed E-state index contributed by atoms with van der Waals surface area (Å²) < 4.78 is 11.4. The SMILES string of the molecule is COc1c(Br)cc(Cl)cc1C(N)c1ccco1. The highest BCUT2D eigenvalue weighted by atomic mass is 79.9. The van der Waals surface area contributed by atoms with Crippen LogP contribution in [0.4, 0.5) is 0 Å². The third kappa shape index (κ3) is 2.49. The number of furan rings is 1. The summed E-state index contributed by atoms with van der Waals surface area (Å²) in [4.78, 5) is 0. The Hall–Kier alpha value is -0.970. The Kier molecular flexibility index (Phi) is 3.76. The number of methoxy groups -OCH3 is 1. The molecule has 0 radical (unpaired) electrons. The molecule has 0 bridgehead atoms. The topological polar surface area (TPSA) is 48.4 Å². The summed E-state index contributed by atoms with van der Waals surface area (Å²) in [6.07, 6.45) is 1.58. The van der Waals surface area contributed by atoms with Gasteiger partial charge in [-0.15, -0.1) is 0 Å². The van der Waals surface area contributed by atoms with E-state index in [1.807, 2.05) is 6.07 Å². The van der Waals surface area contributed by atoms with Gasteiger partial charge in [0.25, 0.3) is 0 Å². The van der Waals surface area contributed by atoms with Crippen LogP contribution in [-0.2, 0) is 0 Å². The average molecular weight is 317 g/mol. The molecule has 0 amide bonds. The van der Waals surface area contributed by atoms with Crippen LogP contribution in [0.15, 0.2) is 39.4 Å². The van der Waals surface area contributed by atoms with E-state index in [2.05, 4.69) is 15.9 Å². The highest BCUT2D eigenvalue weighted by molar-refractivity contribution is 9.10. The van der Waals surface area contributed by atoms with Crippen LogP contribution >= 0.6 is 27.5 Å². The van der Waals surface area contributed by atoms with Crippen molar-refractivity contribution in [3.05, 3.63) is 51.3 Å². The predicted molar refractivity (Wildman–Crippen MR) is 70.4 cm³/mol. The molecular weight excluding hydrogens is 305 g/mol. The molecule has 1 unspecified atom stereocenters. The molecule has 0 spiro atoms. The smallest absolute Gasteiger partial charge is 0.138 e. The van der Waals surface area contributed by atoms with Crippen molar-refractivity contribution in [1.29, 1.82) is 0 Å². The van der Waals surface area contributed by atoms with Gasteiger partial charge in [0.1, 0.15) is 11.5 Å². The van der Waals surface area contributed by atoms with Gasteiger partial charge in [0.2, 0.25) is 0 Å². The lowest BCUT2D eigenvalue weighted by atomic mass is 10.0. The zero-order valence-corrected chi connectivity index (χ0v) is 11.5. The molecule has 0 aliphatic carbocycles. The molecule has 0 fully saturated rings. The summed E-state index contributed by atoms with van der Waals surface area (Å²) in [7, 11) is 1.59. The van der Waals surface area contributed by atoms with Crippen molar-refractivity contribution in [3.8, 4) is 5.75 Å². The maximum atomic E-state index is 6.12. The molecule has 2 N–H and O–H groups in total. The van der Waals surface area contributed by atoms with Crippen molar-refractivity contribution in [2.24, 2.45) is 5.73 Å². The van der Waals surface area contributed by atoms with Gasteiger partial charge in [-0.3, -0.25) is 0 Å². The second-order valence-electron chi connectivity index (χ2n) is 3.50. The third-order valence-electron chi connectivity index (χ3n) is 2.43. The standard InChI is InChI=1S/C12H11BrClNO2/c1-16-12-8(5-7(14)6-9(12)13)11(15)10-3-2-4-17-10/h2-6,11H,15H2,1H3. The van der Waals surface area contributed by atoms with E-state index in [1.165, 1.54) is 0 Å². The van der Waals surface area contributed by atoms with Crippen molar-refractivity contribution in [2.75, 3.05) is 7.11 Å². The Labute approximate surface area is 113 Å². The van der Waals surface area contributed by atoms with Gasteiger partial charge in [-0.2, -0.15) is 0 Å². The molecular formula is C12H11BrClNO2. The molecule has 0 saturated carbocycles. The van der Waals surface area contributed by atoms with Gasteiger partial charge in [0.15, 0.2) is 0 Å². The van der Waals surface area contributed by atoms with Crippen molar-refractivity contribution in [2.45, 2.75) is 6.04 Å². The fourth-order valence-corrected chi connectivity index (χ4v) is 2.64. The fraction of sp³-hybridized carbons (Fsp3) is 0.167. The molecule has 2 aromatic rings. The molecule has 2 rings (SSSR count). The van der Waals surface area contributed by atoms with E-state index >= 15 is 0 Å². The van der Waals surface area contributed by atoms with Crippen LogP contribution in [0.3, 0.4) is 0 Å². The summed E-state index contributed by atoms with van der Waals surface area (Å²) in [5.74, 6) is 1.33. The quantitative estimate of drug-likeness (QED) is 0.938. The average Bonchev–Trinajstić information content (AvgIpc) is 2.80. The molecule has 1 heterocycles. The molecule has 17 heavy (non-hydrogen) atoms. The summed E-state index contributed by atoms with van der Waals surface area (Å²) >= 11 is 9.41. The lowest BCUT2D eigenvalue weighted by Gasteiger charge is -2.15. The largest absolute Gasteiger partial charge is 0.495 e. The van der Waals surface area contributed by atoms with Gasteiger partial charge in [-0.25, -0.2) is 0 Å². The van der Waals surface area contributed by atoms with Gasteiger partial charge < -0.3 is 14.9 Å². The van der Waals surface area contributed by atoms with Gasteiger partial charge in [0, 0.05) is 10.6 Å². The van der Waals surface area contributed by atoms with Crippen LogP contribution in [0.2, 0.25) is 5.02 Å². The normalized spacial score (nSPS) is 12.5. The maximum Gasteiger partial charge on any atom is 0.138 e. The minimum atomic E-state index is -0.407. The number of hydrogen-bond acceptors (Lipinski definition) is 3. The Morgan fingerprint density at radius 1 is 1.47 bits per heavy atom. The van der Waals surface area contributed by atoms with Crippen molar-refractivity contribution < 1.29 is 9.15 Å². The number of halogens is 2. The van der Waals surface area contributed by atoms with E-state index in [1.54, 1.807) is 31.6 Å². The summed E-state index contributed by atoms with van der Waals surface area (Å²) in [6.45, 7) is 0. The minimum Gasteiger partial charge on any atom is -0.495 e. The van der Waals surface area contributed by atoms with Crippen molar-refractivity contribution in [3.63, 3.8) is 0 Å². The molecule has 1 atom stereocenters. The summed E-state index contributed by atoms with van der Waals surface area (Å²) in [5.41, 5.74) is 6.90. The Bertz CT molecular complexity index is 513. The second-order valence-corrected chi connectivity index (χ2v) is 4.79. The van der Waals surface area contributed by atoms with Gasteiger partial charge in [-0.1, -0.05) is 11.6 Å². The molecule has 1 aromatic carbocycles. The lowest BCUT2D eigenvalue weighted by molar-refractivity contribution is 0.400. The van der Waals surface area contributed by atoms with Gasteiger partial charge in [0.05, 0.1) is 23.9 Å². The van der Waals surface area contributed by atoms with Crippen LogP contribution in [0.1, 0.15) is 17.4 Å². The van der Waals surface area contributed by atoms with Gasteiger partial charge in [-0.05, 0) is 40.2 Å². The third-order valence-corrected chi connectivity index (χ3v) is 3.23. The number of nitrogens with two attached hydrogens (primary N) is 1. The zero-order chi connectivity index (χ0) is 12.4. The molecule has 0 saturated heterocycles. The van der Waals surface area contributed by atoms with E-state index in [0.29, 0.717) is 16.5 Å². The molecule has 1 aromatic heterocycles. The highest BCUT2D eigenvalue weighted by Gasteiger charge is 2.19. The minimum absolute atomic E-state index is 0.407. The first kappa shape index (κ1) is 12.5. The Morgan fingerprint density at radius 3 is 2.82 bits per heavy atom. The first-order valence-electron chi connectivity index (χ1n) is 4.95. The Morgan fingerprint density at radius 2 is 2.24 bits per heavy atom. The van der Waals surface area contributed by atoms with E-state index in [-0.39, 0.29) is 0 Å². The summed E-state index contributed by atoms with van der Waals surface area (Å²) in [6, 6.07) is 6.74. The fourth-order valence-electron chi connectivity index (χ4n) is 1.65. The van der Waals surface area contributed by atoms with Crippen LogP contribution in [0.25, 0.3) is 0 Å². The maximum absolute atomic E-state index is 6.12. The molecule has 0 aliphatic rings. The van der Waals surface area contributed by atoms with E-state index in [0.717, 1.165) is 10.0 Å². The van der Waals surface area contributed by atoms with Crippen molar-refractivity contribution >= 4 is 27.5 Å². The molecule has 3 nitrogen and oxygen atoms in total. The van der Waals surface area contributed by atoms with Crippen LogP contribution < -0.4 is 10.5 Å². The van der Waals surface area contributed by atoms with Crippen LogP contribution in [0, 0.1) is 0 Å². The monoisotopic (exact) mass is 315 g/mol. The zero-order valence-electron chi connectivity index (χ0n) is 9.11. The van der Waals surface area contributed by atoms with Crippen LogP contribution in [-0.4, -0.2) is 7.11 Å². The van der Waals surface area contributed by atoms with Crippen molar-refractivity contribution in [1.82, 2.24) is 0 Å². The van der Waals surface area contributed by atoms with E-state index < -0.39 is 6.04 Å². The van der Waals surface area contributed by atoms with Crippen LogP contribution in [0.5, 0.6) is 5.75 Å². The first-order valence-corrected chi connectivity index (χ1v) is 6.12.